The van der Waals surface area contributed by atoms with Crippen LogP contribution in [-0.2, 0) is 6.54 Å². The van der Waals surface area contributed by atoms with Gasteiger partial charge in [0.25, 0.3) is 0 Å². The van der Waals surface area contributed by atoms with Gasteiger partial charge in [-0.25, -0.2) is 4.99 Å². The highest BCUT2D eigenvalue weighted by Gasteiger charge is 2.12. The lowest BCUT2D eigenvalue weighted by molar-refractivity contribution is 0.332. The van der Waals surface area contributed by atoms with Crippen LogP contribution in [0.4, 0.5) is 0 Å². The second-order valence-electron chi connectivity index (χ2n) is 6.51. The lowest BCUT2D eigenvalue weighted by Gasteiger charge is -2.17. The van der Waals surface area contributed by atoms with E-state index in [9.17, 15) is 0 Å². The molecule has 0 saturated heterocycles. The fraction of sp³-hybridized carbons (Fsp3) is 0.789. The van der Waals surface area contributed by atoms with Crippen molar-refractivity contribution in [1.82, 2.24) is 20.7 Å². The summed E-state index contributed by atoms with van der Waals surface area (Å²) in [5, 5.41) is 10.9. The Morgan fingerprint density at radius 2 is 1.92 bits per heavy atom. The molecule has 1 aromatic heterocycles. The zero-order valence-corrected chi connectivity index (χ0v) is 19.5. The number of aromatic nitrogens is 1. The van der Waals surface area contributed by atoms with Gasteiger partial charge in [-0.3, -0.25) is 0 Å². The van der Waals surface area contributed by atoms with E-state index in [2.05, 4.69) is 60.4 Å². The van der Waals surface area contributed by atoms with Crippen molar-refractivity contribution in [2.75, 3.05) is 33.2 Å². The third-order valence-electron chi connectivity index (χ3n) is 4.40. The highest BCUT2D eigenvalue weighted by Crippen LogP contribution is 2.22. The minimum absolute atomic E-state index is 0. The van der Waals surface area contributed by atoms with Crippen molar-refractivity contribution in [3.63, 3.8) is 0 Å². The normalized spacial score (nSPS) is 11.7. The quantitative estimate of drug-likeness (QED) is 0.270. The number of hydrogen-bond donors (Lipinski definition) is 2. The molecule has 0 saturated carbocycles. The van der Waals surface area contributed by atoms with Crippen molar-refractivity contribution >= 4 is 29.9 Å². The molecule has 1 heterocycles. The van der Waals surface area contributed by atoms with Gasteiger partial charge >= 0.3 is 0 Å². The SMILES string of the molecule is CCCCN(C)CCNC(=NCc1cc(C(CC)CC)no1)NCC.I. The highest BCUT2D eigenvalue weighted by molar-refractivity contribution is 14.0. The van der Waals surface area contributed by atoms with E-state index >= 15 is 0 Å². The number of unbranched alkanes of at least 4 members (excludes halogenated alkanes) is 1. The van der Waals surface area contributed by atoms with Crippen molar-refractivity contribution in [2.45, 2.75) is 65.8 Å². The van der Waals surface area contributed by atoms with E-state index in [0.29, 0.717) is 12.5 Å². The highest BCUT2D eigenvalue weighted by atomic mass is 127. The molecule has 0 atom stereocenters. The first-order chi connectivity index (χ1) is 12.1. The van der Waals surface area contributed by atoms with E-state index in [1.165, 1.54) is 12.8 Å². The average Bonchev–Trinajstić information content (AvgIpc) is 3.07. The molecule has 1 rings (SSSR count). The van der Waals surface area contributed by atoms with E-state index in [0.717, 1.165) is 56.4 Å². The number of likely N-dealkylation sites (N-methyl/N-ethyl adjacent to an activating group) is 1. The standard InChI is InChI=1S/C19H37N5O.HI/c1-6-10-12-24(5)13-11-21-19(20-9-4)22-15-17-14-18(23-25-17)16(7-2)8-3;/h14,16H,6-13,15H2,1-5H3,(H2,20,21,22);1H. The Kier molecular flexibility index (Phi) is 14.8. The van der Waals surface area contributed by atoms with Gasteiger partial charge in [0, 0.05) is 31.6 Å². The predicted octanol–water partition coefficient (Wildman–Crippen LogP) is 3.98. The Balaban J connectivity index is 0.00000625. The predicted molar refractivity (Wildman–Crippen MR) is 120 cm³/mol. The summed E-state index contributed by atoms with van der Waals surface area (Å²) in [6.45, 7) is 13.0. The second-order valence-corrected chi connectivity index (χ2v) is 6.51. The Labute approximate surface area is 176 Å². The molecular weight excluding hydrogens is 441 g/mol. The van der Waals surface area contributed by atoms with Gasteiger partial charge in [-0.05, 0) is 39.8 Å². The van der Waals surface area contributed by atoms with Crippen LogP contribution >= 0.6 is 24.0 Å². The molecule has 0 amide bonds. The van der Waals surface area contributed by atoms with Gasteiger partial charge in [-0.1, -0.05) is 32.3 Å². The number of nitrogens with zero attached hydrogens (tertiary/aromatic N) is 3. The average molecular weight is 479 g/mol. The molecular formula is C19H38IN5O. The molecule has 0 aliphatic rings. The molecule has 0 unspecified atom stereocenters. The van der Waals surface area contributed by atoms with Crippen LogP contribution in [0.15, 0.2) is 15.6 Å². The molecule has 0 bridgehead atoms. The van der Waals surface area contributed by atoms with Crippen molar-refractivity contribution in [3.05, 3.63) is 17.5 Å². The molecule has 6 nitrogen and oxygen atoms in total. The Bertz CT molecular complexity index is 488. The van der Waals surface area contributed by atoms with E-state index < -0.39 is 0 Å². The summed E-state index contributed by atoms with van der Waals surface area (Å²) in [7, 11) is 2.16. The summed E-state index contributed by atoms with van der Waals surface area (Å²) in [6.07, 6.45) is 4.65. The summed E-state index contributed by atoms with van der Waals surface area (Å²) in [6, 6.07) is 2.04. The molecule has 26 heavy (non-hydrogen) atoms. The number of guanidine groups is 1. The van der Waals surface area contributed by atoms with E-state index in [1.54, 1.807) is 0 Å². The Morgan fingerprint density at radius 3 is 2.54 bits per heavy atom. The number of hydrogen-bond acceptors (Lipinski definition) is 4. The van der Waals surface area contributed by atoms with Gasteiger partial charge < -0.3 is 20.1 Å². The summed E-state index contributed by atoms with van der Waals surface area (Å²) >= 11 is 0. The molecule has 1 aromatic rings. The maximum absolute atomic E-state index is 5.44. The molecule has 2 N–H and O–H groups in total. The second kappa shape index (κ2) is 15.2. The van der Waals surface area contributed by atoms with Crippen LogP contribution in [0, 0.1) is 0 Å². The summed E-state index contributed by atoms with van der Waals surface area (Å²) in [5.74, 6) is 2.12. The first-order valence-electron chi connectivity index (χ1n) is 9.80. The van der Waals surface area contributed by atoms with Crippen molar-refractivity contribution in [3.8, 4) is 0 Å². The van der Waals surface area contributed by atoms with Crippen LogP contribution in [0.25, 0.3) is 0 Å². The van der Waals surface area contributed by atoms with Crippen LogP contribution < -0.4 is 10.6 Å². The molecule has 0 aromatic carbocycles. The third kappa shape index (κ3) is 9.75. The van der Waals surface area contributed by atoms with Crippen LogP contribution in [0.3, 0.4) is 0 Å². The number of nitrogens with one attached hydrogen (secondary N) is 2. The molecule has 0 spiro atoms. The number of halogens is 1. The van der Waals surface area contributed by atoms with Crippen LogP contribution in [0.2, 0.25) is 0 Å². The minimum atomic E-state index is 0. The van der Waals surface area contributed by atoms with Crippen molar-refractivity contribution in [1.29, 1.82) is 0 Å². The van der Waals surface area contributed by atoms with Crippen LogP contribution in [0.1, 0.15) is 70.8 Å². The maximum Gasteiger partial charge on any atom is 0.191 e. The largest absolute Gasteiger partial charge is 0.359 e. The van der Waals surface area contributed by atoms with Gasteiger partial charge in [0.05, 0.1) is 5.69 Å². The van der Waals surface area contributed by atoms with Crippen molar-refractivity contribution in [2.24, 2.45) is 4.99 Å². The lowest BCUT2D eigenvalue weighted by Crippen LogP contribution is -2.41. The van der Waals surface area contributed by atoms with Gasteiger partial charge in [-0.15, -0.1) is 24.0 Å². The smallest absolute Gasteiger partial charge is 0.191 e. The Morgan fingerprint density at radius 1 is 1.19 bits per heavy atom. The first-order valence-corrected chi connectivity index (χ1v) is 9.80. The topological polar surface area (TPSA) is 65.7 Å². The number of aliphatic imine (C=N–C) groups is 1. The summed E-state index contributed by atoms with van der Waals surface area (Å²) < 4.78 is 5.44. The fourth-order valence-corrected chi connectivity index (χ4v) is 2.71. The van der Waals surface area contributed by atoms with E-state index in [1.807, 2.05) is 6.07 Å². The fourth-order valence-electron chi connectivity index (χ4n) is 2.71. The van der Waals surface area contributed by atoms with Crippen molar-refractivity contribution < 1.29 is 4.52 Å². The maximum atomic E-state index is 5.44. The molecule has 0 aliphatic carbocycles. The lowest BCUT2D eigenvalue weighted by atomic mass is 9.99. The van der Waals surface area contributed by atoms with Gasteiger partial charge in [0.1, 0.15) is 6.54 Å². The van der Waals surface area contributed by atoms with Gasteiger partial charge in [0.2, 0.25) is 0 Å². The number of rotatable bonds is 12. The summed E-state index contributed by atoms with van der Waals surface area (Å²) in [4.78, 5) is 6.95. The first kappa shape index (κ1) is 25.2. The van der Waals surface area contributed by atoms with Crippen LogP contribution in [-0.4, -0.2) is 49.2 Å². The monoisotopic (exact) mass is 479 g/mol. The Hall–Kier alpha value is -0.830. The zero-order valence-electron chi connectivity index (χ0n) is 17.2. The third-order valence-corrected chi connectivity index (χ3v) is 4.40. The molecule has 0 aliphatic heterocycles. The summed E-state index contributed by atoms with van der Waals surface area (Å²) in [5.41, 5.74) is 1.05. The molecule has 0 radical (unpaired) electrons. The molecule has 152 valence electrons. The van der Waals surface area contributed by atoms with Gasteiger partial charge in [-0.2, -0.15) is 0 Å². The minimum Gasteiger partial charge on any atom is -0.359 e. The van der Waals surface area contributed by atoms with E-state index in [-0.39, 0.29) is 24.0 Å². The van der Waals surface area contributed by atoms with Gasteiger partial charge in [0.15, 0.2) is 11.7 Å². The molecule has 0 fully saturated rings. The van der Waals surface area contributed by atoms with E-state index in [4.69, 9.17) is 4.52 Å². The zero-order chi connectivity index (χ0) is 18.5. The molecule has 7 heteroatoms. The van der Waals surface area contributed by atoms with Crippen LogP contribution in [0.5, 0.6) is 0 Å².